The lowest BCUT2D eigenvalue weighted by atomic mass is 9.70. The van der Waals surface area contributed by atoms with Crippen molar-refractivity contribution in [3.63, 3.8) is 0 Å². The van der Waals surface area contributed by atoms with E-state index in [0.29, 0.717) is 17.8 Å². The fraction of sp³-hybridized carbons (Fsp3) is 0.886. The van der Waals surface area contributed by atoms with E-state index in [1.807, 2.05) is 27.7 Å². The number of ether oxygens (including phenoxy) is 4. The van der Waals surface area contributed by atoms with Gasteiger partial charge < -0.3 is 18.9 Å². The lowest BCUT2D eigenvalue weighted by Crippen LogP contribution is -2.34. The Balaban J connectivity index is 2.09. The molecule has 0 N–H and O–H groups in total. The molecule has 3 unspecified atom stereocenters. The zero-order valence-corrected chi connectivity index (χ0v) is 28.3. The maximum absolute atomic E-state index is 6.34. The molecule has 2 saturated heterocycles. The molecule has 0 spiro atoms. The van der Waals surface area contributed by atoms with Crippen molar-refractivity contribution in [3.05, 3.63) is 23.8 Å². The van der Waals surface area contributed by atoms with Crippen molar-refractivity contribution >= 4 is 0 Å². The average molecular weight is 549 g/mol. The Labute approximate surface area is 242 Å². The second kappa shape index (κ2) is 12.7. The maximum Gasteiger partial charge on any atom is 0.164 e. The van der Waals surface area contributed by atoms with Crippen LogP contribution in [0.1, 0.15) is 142 Å². The first-order valence-electron chi connectivity index (χ1n) is 15.8. The van der Waals surface area contributed by atoms with E-state index < -0.39 is 11.6 Å². The molecular formula is C35H64O4. The lowest BCUT2D eigenvalue weighted by Gasteiger charge is -2.36. The van der Waals surface area contributed by atoms with Crippen LogP contribution in [0.3, 0.4) is 0 Å². The van der Waals surface area contributed by atoms with Crippen LogP contribution in [0.4, 0.5) is 0 Å². The molecule has 228 valence electrons. The molecule has 4 heteroatoms. The molecule has 4 atom stereocenters. The zero-order valence-electron chi connectivity index (χ0n) is 28.3. The molecule has 2 heterocycles. The molecule has 0 aromatic rings. The Kier molecular flexibility index (Phi) is 11.2. The third-order valence-corrected chi connectivity index (χ3v) is 9.69. The van der Waals surface area contributed by atoms with Crippen molar-refractivity contribution in [2.75, 3.05) is 0 Å². The van der Waals surface area contributed by atoms with Gasteiger partial charge in [0.25, 0.3) is 0 Å². The molecule has 0 bridgehead atoms. The van der Waals surface area contributed by atoms with Crippen LogP contribution in [0.15, 0.2) is 23.8 Å². The van der Waals surface area contributed by atoms with Gasteiger partial charge in [-0.1, -0.05) is 71.8 Å². The minimum Gasteiger partial charge on any atom is -0.344 e. The highest BCUT2D eigenvalue weighted by molar-refractivity contribution is 5.15. The van der Waals surface area contributed by atoms with Crippen molar-refractivity contribution in [2.45, 2.75) is 177 Å². The summed E-state index contributed by atoms with van der Waals surface area (Å²) < 4.78 is 24.9. The summed E-state index contributed by atoms with van der Waals surface area (Å²) in [5, 5.41) is 0. The molecule has 2 aliphatic heterocycles. The standard InChI is InChI=1S/C35H64O4/c1-16-26(5)31(6,7)27(21-23-30-33(10,11)39-35(14,15)37-30)18-17-19-28(24(2)3)25(4)20-22-29-32(8,9)38-34(12,13)36-29/h18,24,26,28-30H,4,16-17,19-23H2,1-3,5-15H3/b27-18+/t26?,28-,29?,30?/m0/s1. The third kappa shape index (κ3) is 9.15. The summed E-state index contributed by atoms with van der Waals surface area (Å²) in [4.78, 5) is 0. The SMILES string of the molecule is C=C(CCC1OC(C)(C)OC1(C)C)[C@@H](CC/C=C(\CCC1OC(C)(C)OC1(C)C)C(C)(C)C(C)CC)C(C)C. The molecule has 0 radical (unpaired) electrons. The lowest BCUT2D eigenvalue weighted by molar-refractivity contribution is -0.158. The zero-order chi connectivity index (χ0) is 30.0. The smallest absolute Gasteiger partial charge is 0.164 e. The summed E-state index contributed by atoms with van der Waals surface area (Å²) in [5.74, 6) is 0.645. The predicted molar refractivity (Wildman–Crippen MR) is 165 cm³/mol. The van der Waals surface area contributed by atoms with E-state index in [4.69, 9.17) is 18.9 Å². The second-order valence-electron chi connectivity index (χ2n) is 15.3. The molecule has 2 rings (SSSR count). The fourth-order valence-electron chi connectivity index (χ4n) is 6.98. The van der Waals surface area contributed by atoms with Crippen molar-refractivity contribution in [3.8, 4) is 0 Å². The quantitative estimate of drug-likeness (QED) is 0.202. The molecule has 0 amide bonds. The van der Waals surface area contributed by atoms with Gasteiger partial charge in [-0.2, -0.15) is 0 Å². The molecule has 2 aliphatic rings. The first-order valence-corrected chi connectivity index (χ1v) is 15.8. The normalized spacial score (nSPS) is 27.6. The van der Waals surface area contributed by atoms with Gasteiger partial charge in [-0.15, -0.1) is 0 Å². The van der Waals surface area contributed by atoms with E-state index in [1.165, 1.54) is 12.0 Å². The molecule has 0 aromatic carbocycles. The van der Waals surface area contributed by atoms with Gasteiger partial charge in [-0.25, -0.2) is 0 Å². The highest BCUT2D eigenvalue weighted by Crippen LogP contribution is 2.44. The second-order valence-corrected chi connectivity index (χ2v) is 15.3. The highest BCUT2D eigenvalue weighted by Gasteiger charge is 2.48. The molecular weight excluding hydrogens is 484 g/mol. The van der Waals surface area contributed by atoms with Crippen LogP contribution < -0.4 is 0 Å². The van der Waals surface area contributed by atoms with Crippen LogP contribution in [0, 0.1) is 23.2 Å². The maximum atomic E-state index is 6.34. The van der Waals surface area contributed by atoms with E-state index in [9.17, 15) is 0 Å². The van der Waals surface area contributed by atoms with Crippen molar-refractivity contribution < 1.29 is 18.9 Å². The summed E-state index contributed by atoms with van der Waals surface area (Å²) in [6.45, 7) is 35.5. The van der Waals surface area contributed by atoms with E-state index in [-0.39, 0.29) is 28.8 Å². The van der Waals surface area contributed by atoms with Crippen molar-refractivity contribution in [1.82, 2.24) is 0 Å². The number of allylic oxidation sites excluding steroid dienone is 3. The average Bonchev–Trinajstić information content (AvgIpc) is 3.13. The van der Waals surface area contributed by atoms with Crippen molar-refractivity contribution in [1.29, 1.82) is 0 Å². The summed E-state index contributed by atoms with van der Waals surface area (Å²) >= 11 is 0. The van der Waals surface area contributed by atoms with Gasteiger partial charge in [0, 0.05) is 0 Å². The first-order chi connectivity index (χ1) is 17.6. The molecule has 0 saturated carbocycles. The molecule has 39 heavy (non-hydrogen) atoms. The Hall–Kier alpha value is -0.680. The Morgan fingerprint density at radius 2 is 1.28 bits per heavy atom. The van der Waals surface area contributed by atoms with Gasteiger partial charge in [-0.05, 0) is 117 Å². The van der Waals surface area contributed by atoms with Crippen LogP contribution in [-0.4, -0.2) is 35.0 Å². The summed E-state index contributed by atoms with van der Waals surface area (Å²) in [5.41, 5.74) is 2.53. The van der Waals surface area contributed by atoms with Crippen LogP contribution in [0.25, 0.3) is 0 Å². The number of hydrogen-bond donors (Lipinski definition) is 0. The van der Waals surface area contributed by atoms with E-state index in [1.54, 1.807) is 5.57 Å². The Morgan fingerprint density at radius 1 is 0.821 bits per heavy atom. The van der Waals surface area contributed by atoms with Gasteiger partial charge in [-0.3, -0.25) is 0 Å². The highest BCUT2D eigenvalue weighted by atomic mass is 16.8. The van der Waals surface area contributed by atoms with Gasteiger partial charge in [0.1, 0.15) is 0 Å². The summed E-state index contributed by atoms with van der Waals surface area (Å²) in [6.07, 6.45) is 10.1. The third-order valence-electron chi connectivity index (χ3n) is 9.69. The molecule has 0 aromatic heterocycles. The predicted octanol–water partition coefficient (Wildman–Crippen LogP) is 10.0. The van der Waals surface area contributed by atoms with Gasteiger partial charge in [0.2, 0.25) is 0 Å². The summed E-state index contributed by atoms with van der Waals surface area (Å²) in [6, 6.07) is 0. The number of hydrogen-bond acceptors (Lipinski definition) is 4. The minimum atomic E-state index is -0.518. The minimum absolute atomic E-state index is 0.0934. The summed E-state index contributed by atoms with van der Waals surface area (Å²) in [7, 11) is 0. The Bertz CT molecular complexity index is 845. The monoisotopic (exact) mass is 548 g/mol. The van der Waals surface area contributed by atoms with E-state index in [2.05, 4.69) is 81.9 Å². The van der Waals surface area contributed by atoms with E-state index >= 15 is 0 Å². The molecule has 0 aliphatic carbocycles. The number of rotatable bonds is 14. The van der Waals surface area contributed by atoms with Crippen LogP contribution in [0.5, 0.6) is 0 Å². The van der Waals surface area contributed by atoms with Crippen molar-refractivity contribution in [2.24, 2.45) is 23.2 Å². The topological polar surface area (TPSA) is 36.9 Å². The Morgan fingerprint density at radius 3 is 1.67 bits per heavy atom. The van der Waals surface area contributed by atoms with Crippen LogP contribution in [-0.2, 0) is 18.9 Å². The van der Waals surface area contributed by atoms with Gasteiger partial charge >= 0.3 is 0 Å². The van der Waals surface area contributed by atoms with E-state index in [0.717, 1.165) is 38.5 Å². The van der Waals surface area contributed by atoms with Gasteiger partial charge in [0.15, 0.2) is 11.6 Å². The first kappa shape index (κ1) is 34.5. The largest absolute Gasteiger partial charge is 0.344 e. The molecule has 2 fully saturated rings. The van der Waals surface area contributed by atoms with Gasteiger partial charge in [0.05, 0.1) is 23.4 Å². The molecule has 4 nitrogen and oxygen atoms in total. The van der Waals surface area contributed by atoms with Crippen LogP contribution in [0.2, 0.25) is 0 Å². The van der Waals surface area contributed by atoms with Crippen LogP contribution >= 0.6 is 0 Å². The fourth-order valence-corrected chi connectivity index (χ4v) is 6.98.